The first-order valence-corrected chi connectivity index (χ1v) is 9.07. The quantitative estimate of drug-likeness (QED) is 0.525. The standard InChI is InChI=1S/C19H14N4O4S/c1-11-17(28-16(22-11)10-27-19-20-6-3-7-21-19)14-5-2-4-13(23-14)15-8-12(9-26-15)18(24)25/h2-9H,10H2,1H3,(H,24,25). The topological polar surface area (TPSA) is 111 Å². The Balaban J connectivity index is 1.57. The van der Waals surface area contributed by atoms with E-state index in [0.717, 1.165) is 21.3 Å². The lowest BCUT2D eigenvalue weighted by atomic mass is 10.2. The molecule has 140 valence electrons. The van der Waals surface area contributed by atoms with Gasteiger partial charge < -0.3 is 14.3 Å². The lowest BCUT2D eigenvalue weighted by Crippen LogP contribution is -1.98. The number of carbonyl (C=O) groups is 1. The van der Waals surface area contributed by atoms with Crippen molar-refractivity contribution in [3.63, 3.8) is 0 Å². The number of thiazole rings is 1. The largest absolute Gasteiger partial charge is 0.478 e. The molecule has 0 fully saturated rings. The molecule has 0 saturated heterocycles. The van der Waals surface area contributed by atoms with Gasteiger partial charge in [-0.3, -0.25) is 0 Å². The maximum Gasteiger partial charge on any atom is 0.338 e. The zero-order valence-electron chi connectivity index (χ0n) is 14.7. The van der Waals surface area contributed by atoms with Gasteiger partial charge in [-0.25, -0.2) is 24.7 Å². The van der Waals surface area contributed by atoms with Gasteiger partial charge in [-0.15, -0.1) is 11.3 Å². The van der Waals surface area contributed by atoms with Crippen molar-refractivity contribution in [1.82, 2.24) is 19.9 Å². The first-order chi connectivity index (χ1) is 13.6. The predicted molar refractivity (Wildman–Crippen MR) is 101 cm³/mol. The van der Waals surface area contributed by atoms with Crippen molar-refractivity contribution in [3.05, 3.63) is 65.3 Å². The molecule has 0 aromatic carbocycles. The molecule has 0 aliphatic carbocycles. The van der Waals surface area contributed by atoms with E-state index < -0.39 is 5.97 Å². The van der Waals surface area contributed by atoms with E-state index in [0.29, 0.717) is 17.5 Å². The number of hydrogen-bond donors (Lipinski definition) is 1. The highest BCUT2D eigenvalue weighted by Crippen LogP contribution is 2.31. The third-order valence-electron chi connectivity index (χ3n) is 3.79. The van der Waals surface area contributed by atoms with E-state index in [2.05, 4.69) is 19.9 Å². The fourth-order valence-electron chi connectivity index (χ4n) is 2.52. The highest BCUT2D eigenvalue weighted by Gasteiger charge is 2.15. The zero-order chi connectivity index (χ0) is 19.5. The molecule has 4 aromatic rings. The lowest BCUT2D eigenvalue weighted by Gasteiger charge is -2.01. The van der Waals surface area contributed by atoms with Crippen LogP contribution in [0.1, 0.15) is 21.1 Å². The Morgan fingerprint density at radius 2 is 1.96 bits per heavy atom. The Kier molecular flexibility index (Phi) is 4.81. The third kappa shape index (κ3) is 3.74. The van der Waals surface area contributed by atoms with Gasteiger partial charge in [0, 0.05) is 18.5 Å². The number of aromatic nitrogens is 4. The second-order valence-electron chi connectivity index (χ2n) is 5.76. The van der Waals surface area contributed by atoms with Crippen LogP contribution in [0.2, 0.25) is 0 Å². The normalized spacial score (nSPS) is 10.8. The number of rotatable bonds is 6. The summed E-state index contributed by atoms with van der Waals surface area (Å²) in [5, 5.41) is 9.82. The van der Waals surface area contributed by atoms with Gasteiger partial charge in [0.1, 0.15) is 23.6 Å². The highest BCUT2D eigenvalue weighted by atomic mass is 32.1. The molecule has 0 radical (unpaired) electrons. The molecule has 0 spiro atoms. The molecule has 28 heavy (non-hydrogen) atoms. The maximum absolute atomic E-state index is 11.0. The number of hydrogen-bond acceptors (Lipinski definition) is 8. The van der Waals surface area contributed by atoms with Gasteiger partial charge in [0.2, 0.25) is 0 Å². The third-order valence-corrected chi connectivity index (χ3v) is 4.94. The second kappa shape index (κ2) is 7.57. The van der Waals surface area contributed by atoms with Gasteiger partial charge >= 0.3 is 12.0 Å². The summed E-state index contributed by atoms with van der Waals surface area (Å²) in [5.74, 6) is -0.650. The molecular weight excluding hydrogens is 380 g/mol. The number of carboxylic acids is 1. The van der Waals surface area contributed by atoms with E-state index in [9.17, 15) is 4.79 Å². The molecule has 0 aliphatic heterocycles. The molecule has 4 heterocycles. The summed E-state index contributed by atoms with van der Waals surface area (Å²) < 4.78 is 10.9. The van der Waals surface area contributed by atoms with Gasteiger partial charge in [0.05, 0.1) is 21.8 Å². The molecule has 4 aromatic heterocycles. The van der Waals surface area contributed by atoms with Crippen molar-refractivity contribution in [2.24, 2.45) is 0 Å². The Labute approximate surface area is 163 Å². The van der Waals surface area contributed by atoms with Crippen LogP contribution in [-0.4, -0.2) is 31.0 Å². The van der Waals surface area contributed by atoms with Gasteiger partial charge in [-0.05, 0) is 25.1 Å². The molecule has 1 N–H and O–H groups in total. The van der Waals surface area contributed by atoms with E-state index in [1.54, 1.807) is 24.5 Å². The summed E-state index contributed by atoms with van der Waals surface area (Å²) in [6.07, 6.45) is 4.42. The molecule has 0 saturated carbocycles. The van der Waals surface area contributed by atoms with Crippen LogP contribution in [0.4, 0.5) is 0 Å². The minimum atomic E-state index is -1.04. The number of furan rings is 1. The number of nitrogens with zero attached hydrogens (tertiary/aromatic N) is 4. The molecule has 0 atom stereocenters. The van der Waals surface area contributed by atoms with Crippen molar-refractivity contribution < 1.29 is 19.1 Å². The highest BCUT2D eigenvalue weighted by molar-refractivity contribution is 7.15. The van der Waals surface area contributed by atoms with Crippen LogP contribution in [0.15, 0.2) is 53.4 Å². The summed E-state index contributed by atoms with van der Waals surface area (Å²) in [7, 11) is 0. The molecule has 4 rings (SSSR count). The summed E-state index contributed by atoms with van der Waals surface area (Å²) in [6, 6.07) is 8.94. The number of aromatic carboxylic acids is 1. The van der Waals surface area contributed by atoms with Gasteiger partial charge in [0.25, 0.3) is 0 Å². The summed E-state index contributed by atoms with van der Waals surface area (Å²) in [6.45, 7) is 2.16. The monoisotopic (exact) mass is 394 g/mol. The molecule has 0 amide bonds. The van der Waals surface area contributed by atoms with Crippen molar-refractivity contribution in [2.75, 3.05) is 0 Å². The SMILES string of the molecule is Cc1nc(COc2ncccn2)sc1-c1cccc(-c2cc(C(=O)O)co2)n1. The van der Waals surface area contributed by atoms with Crippen LogP contribution in [0.25, 0.3) is 22.0 Å². The van der Waals surface area contributed by atoms with Crippen LogP contribution in [-0.2, 0) is 6.61 Å². The predicted octanol–water partition coefficient (Wildman–Crippen LogP) is 3.84. The molecule has 8 nitrogen and oxygen atoms in total. The second-order valence-corrected chi connectivity index (χ2v) is 6.84. The van der Waals surface area contributed by atoms with Crippen LogP contribution in [0.5, 0.6) is 6.01 Å². The smallest absolute Gasteiger partial charge is 0.338 e. The molecule has 0 unspecified atom stereocenters. The van der Waals surface area contributed by atoms with Crippen LogP contribution in [0, 0.1) is 6.92 Å². The summed E-state index contributed by atoms with van der Waals surface area (Å²) >= 11 is 1.47. The van der Waals surface area contributed by atoms with Crippen LogP contribution in [0.3, 0.4) is 0 Å². The summed E-state index contributed by atoms with van der Waals surface area (Å²) in [5.41, 5.74) is 2.18. The van der Waals surface area contributed by atoms with Crippen molar-refractivity contribution in [3.8, 4) is 28.0 Å². The van der Waals surface area contributed by atoms with Crippen molar-refractivity contribution in [2.45, 2.75) is 13.5 Å². The Morgan fingerprint density at radius 3 is 2.71 bits per heavy atom. The number of aryl methyl sites for hydroxylation is 1. The summed E-state index contributed by atoms with van der Waals surface area (Å²) in [4.78, 5) is 29.1. The molecule has 0 aliphatic rings. The van der Waals surface area contributed by atoms with Gasteiger partial charge in [0.15, 0.2) is 5.76 Å². The average Bonchev–Trinajstić information content (AvgIpc) is 3.34. The van der Waals surface area contributed by atoms with E-state index in [1.165, 1.54) is 23.7 Å². The fourth-order valence-corrected chi connectivity index (χ4v) is 3.47. The minimum absolute atomic E-state index is 0.0822. The Hall–Kier alpha value is -3.59. The average molecular weight is 394 g/mol. The molecule has 9 heteroatoms. The maximum atomic E-state index is 11.0. The van der Waals surface area contributed by atoms with Gasteiger partial charge in [-0.2, -0.15) is 0 Å². The number of carboxylic acid groups (broad SMARTS) is 1. The van der Waals surface area contributed by atoms with E-state index in [1.807, 2.05) is 19.1 Å². The lowest BCUT2D eigenvalue weighted by molar-refractivity contribution is 0.0696. The Morgan fingerprint density at radius 1 is 1.18 bits per heavy atom. The van der Waals surface area contributed by atoms with Crippen molar-refractivity contribution in [1.29, 1.82) is 0 Å². The first kappa shape index (κ1) is 17.8. The number of ether oxygens (including phenoxy) is 1. The molecular formula is C19H14N4O4S. The zero-order valence-corrected chi connectivity index (χ0v) is 15.5. The fraction of sp³-hybridized carbons (Fsp3) is 0.105. The van der Waals surface area contributed by atoms with E-state index in [4.69, 9.17) is 14.3 Å². The van der Waals surface area contributed by atoms with Crippen LogP contribution < -0.4 is 4.74 Å². The van der Waals surface area contributed by atoms with Crippen LogP contribution >= 0.6 is 11.3 Å². The van der Waals surface area contributed by atoms with Gasteiger partial charge in [-0.1, -0.05) is 6.07 Å². The minimum Gasteiger partial charge on any atom is -0.478 e. The number of pyridine rings is 1. The van der Waals surface area contributed by atoms with E-state index in [-0.39, 0.29) is 12.2 Å². The van der Waals surface area contributed by atoms with E-state index >= 15 is 0 Å². The molecule has 0 bridgehead atoms. The van der Waals surface area contributed by atoms with Crippen molar-refractivity contribution >= 4 is 17.3 Å². The first-order valence-electron chi connectivity index (χ1n) is 8.26. The Bertz CT molecular complexity index is 1120.